The van der Waals surface area contributed by atoms with E-state index in [0.29, 0.717) is 23.7 Å². The van der Waals surface area contributed by atoms with Gasteiger partial charge in [0, 0.05) is 11.8 Å². The van der Waals surface area contributed by atoms with Crippen LogP contribution in [0.4, 0.5) is 11.4 Å². The van der Waals surface area contributed by atoms with Crippen molar-refractivity contribution in [2.75, 3.05) is 22.5 Å². The molecule has 3 aromatic carbocycles. The first kappa shape index (κ1) is 21.4. The summed E-state index contributed by atoms with van der Waals surface area (Å²) in [6.45, 7) is 2.53. The predicted molar refractivity (Wildman–Crippen MR) is 119 cm³/mol. The average molecular weight is 425 g/mol. The van der Waals surface area contributed by atoms with E-state index in [1.54, 1.807) is 48.5 Å². The average Bonchev–Trinajstić information content (AvgIpc) is 2.72. The van der Waals surface area contributed by atoms with Crippen molar-refractivity contribution in [1.82, 2.24) is 0 Å². The normalized spacial score (nSPS) is 11.0. The Morgan fingerprint density at radius 1 is 0.967 bits per heavy atom. The smallest absolute Gasteiger partial charge is 0.257 e. The first-order chi connectivity index (χ1) is 14.4. The fourth-order valence-electron chi connectivity index (χ4n) is 3.04. The molecule has 0 heterocycles. The van der Waals surface area contributed by atoms with Crippen molar-refractivity contribution in [1.29, 1.82) is 0 Å². The molecule has 1 N–H and O–H groups in total. The Morgan fingerprint density at radius 3 is 2.37 bits per heavy atom. The van der Waals surface area contributed by atoms with E-state index in [1.807, 2.05) is 37.3 Å². The number of carbonyl (C=O) groups excluding carboxylic acids is 1. The van der Waals surface area contributed by atoms with Gasteiger partial charge in [0.25, 0.3) is 5.91 Å². The van der Waals surface area contributed by atoms with Crippen LogP contribution in [0.5, 0.6) is 5.75 Å². The molecule has 3 rings (SSSR count). The molecule has 0 atom stereocenters. The van der Waals surface area contributed by atoms with Gasteiger partial charge < -0.3 is 10.1 Å². The van der Waals surface area contributed by atoms with Gasteiger partial charge >= 0.3 is 0 Å². The molecule has 0 unspecified atom stereocenters. The monoisotopic (exact) mass is 424 g/mol. The molecule has 0 aliphatic heterocycles. The molecule has 1 amide bonds. The van der Waals surface area contributed by atoms with Crippen molar-refractivity contribution in [3.05, 3.63) is 90.0 Å². The number of nitrogens with one attached hydrogen (secondary N) is 1. The minimum Gasteiger partial charge on any atom is -0.494 e. The zero-order valence-electron chi connectivity index (χ0n) is 16.9. The van der Waals surface area contributed by atoms with Gasteiger partial charge in [0.15, 0.2) is 0 Å². The molecule has 0 bridgehead atoms. The molecule has 0 spiro atoms. The Kier molecular flexibility index (Phi) is 6.74. The number of benzene rings is 3. The summed E-state index contributed by atoms with van der Waals surface area (Å²) in [6.07, 6.45) is 1.14. The molecule has 3 aromatic rings. The first-order valence-electron chi connectivity index (χ1n) is 9.53. The second-order valence-corrected chi connectivity index (χ2v) is 8.59. The van der Waals surface area contributed by atoms with Crippen molar-refractivity contribution in [2.45, 2.75) is 13.5 Å². The Balaban J connectivity index is 1.93. The molecule has 0 aromatic heterocycles. The van der Waals surface area contributed by atoms with Crippen LogP contribution in [0, 0.1) is 0 Å². The molecule has 0 aliphatic rings. The molecule has 0 aliphatic carbocycles. The summed E-state index contributed by atoms with van der Waals surface area (Å²) in [4.78, 5) is 13.0. The quantitative estimate of drug-likeness (QED) is 0.585. The van der Waals surface area contributed by atoms with Crippen molar-refractivity contribution < 1.29 is 17.9 Å². The summed E-state index contributed by atoms with van der Waals surface area (Å²) >= 11 is 0. The fourth-order valence-corrected chi connectivity index (χ4v) is 3.94. The lowest BCUT2D eigenvalue weighted by Gasteiger charge is -2.24. The van der Waals surface area contributed by atoms with E-state index in [1.165, 1.54) is 4.31 Å². The maximum Gasteiger partial charge on any atom is 0.257 e. The van der Waals surface area contributed by atoms with Crippen molar-refractivity contribution in [2.24, 2.45) is 0 Å². The lowest BCUT2D eigenvalue weighted by atomic mass is 10.1. The van der Waals surface area contributed by atoms with Gasteiger partial charge in [-0.3, -0.25) is 9.10 Å². The molecule has 0 radical (unpaired) electrons. The van der Waals surface area contributed by atoms with E-state index in [0.717, 1.165) is 11.8 Å². The zero-order chi connectivity index (χ0) is 21.6. The summed E-state index contributed by atoms with van der Waals surface area (Å²) in [7, 11) is -3.63. The van der Waals surface area contributed by atoms with E-state index in [4.69, 9.17) is 4.74 Å². The third-order valence-electron chi connectivity index (χ3n) is 4.39. The Bertz CT molecular complexity index is 1110. The van der Waals surface area contributed by atoms with Crippen LogP contribution in [0.15, 0.2) is 78.9 Å². The fraction of sp³-hybridized carbons (Fsp3) is 0.174. The summed E-state index contributed by atoms with van der Waals surface area (Å²) in [5, 5.41) is 2.83. The predicted octanol–water partition coefficient (Wildman–Crippen LogP) is 4.30. The van der Waals surface area contributed by atoms with Gasteiger partial charge in [-0.1, -0.05) is 48.5 Å². The van der Waals surface area contributed by atoms with Crippen LogP contribution in [-0.4, -0.2) is 27.2 Å². The number of anilines is 2. The molecule has 7 heteroatoms. The van der Waals surface area contributed by atoms with E-state index in [2.05, 4.69) is 5.32 Å². The number of para-hydroxylation sites is 1. The van der Waals surface area contributed by atoms with Crippen LogP contribution >= 0.6 is 0 Å². The minimum atomic E-state index is -3.63. The summed E-state index contributed by atoms with van der Waals surface area (Å²) < 4.78 is 31.8. The molecule has 6 nitrogen and oxygen atoms in total. The van der Waals surface area contributed by atoms with Crippen LogP contribution in [-0.2, 0) is 16.6 Å². The second-order valence-electron chi connectivity index (χ2n) is 6.69. The van der Waals surface area contributed by atoms with Crippen LogP contribution in [0.2, 0.25) is 0 Å². The van der Waals surface area contributed by atoms with Crippen molar-refractivity contribution in [3.8, 4) is 5.75 Å². The van der Waals surface area contributed by atoms with Gasteiger partial charge in [-0.05, 0) is 36.8 Å². The molecule has 0 saturated carbocycles. The van der Waals surface area contributed by atoms with E-state index in [9.17, 15) is 13.2 Å². The third-order valence-corrected chi connectivity index (χ3v) is 5.52. The topological polar surface area (TPSA) is 75.7 Å². The van der Waals surface area contributed by atoms with E-state index < -0.39 is 15.9 Å². The maximum absolute atomic E-state index is 13.0. The number of sulfonamides is 1. The van der Waals surface area contributed by atoms with Crippen molar-refractivity contribution in [3.63, 3.8) is 0 Å². The zero-order valence-corrected chi connectivity index (χ0v) is 17.7. The maximum atomic E-state index is 13.0. The van der Waals surface area contributed by atoms with Gasteiger partial charge in [-0.15, -0.1) is 0 Å². The largest absolute Gasteiger partial charge is 0.494 e. The molecule has 0 fully saturated rings. The van der Waals surface area contributed by atoms with Crippen LogP contribution in [0.1, 0.15) is 22.8 Å². The number of ether oxygens (including phenoxy) is 1. The van der Waals surface area contributed by atoms with Gasteiger partial charge in [0.1, 0.15) is 5.75 Å². The molecular weight excluding hydrogens is 400 g/mol. The molecule has 0 saturated heterocycles. The first-order valence-corrected chi connectivity index (χ1v) is 11.4. The van der Waals surface area contributed by atoms with Crippen LogP contribution in [0.3, 0.4) is 0 Å². The van der Waals surface area contributed by atoms with Crippen LogP contribution in [0.25, 0.3) is 0 Å². The summed E-state index contributed by atoms with van der Waals surface area (Å²) in [5.74, 6) is 0.242. The number of nitrogens with zero attached hydrogens (tertiary/aromatic N) is 1. The highest BCUT2D eigenvalue weighted by Gasteiger charge is 2.23. The molecular formula is C23H24N2O4S. The van der Waals surface area contributed by atoms with Gasteiger partial charge in [0.05, 0.1) is 30.7 Å². The number of hydrogen-bond acceptors (Lipinski definition) is 4. The van der Waals surface area contributed by atoms with Crippen molar-refractivity contribution >= 4 is 27.3 Å². The van der Waals surface area contributed by atoms with Gasteiger partial charge in [-0.25, -0.2) is 8.42 Å². The summed E-state index contributed by atoms with van der Waals surface area (Å²) in [6, 6.07) is 23.0. The Hall–Kier alpha value is -3.32. The highest BCUT2D eigenvalue weighted by atomic mass is 32.2. The molecule has 156 valence electrons. The minimum absolute atomic E-state index is 0.129. The van der Waals surface area contributed by atoms with Gasteiger partial charge in [-0.2, -0.15) is 0 Å². The highest BCUT2D eigenvalue weighted by molar-refractivity contribution is 7.92. The standard InChI is InChI=1S/C23H24N2O4S/c1-3-29-20-13-9-12-19(16-20)24-23(26)21-14-7-8-15-22(21)25(30(2,27)28)17-18-10-5-4-6-11-18/h4-16H,3,17H2,1-2H3,(H,24,26). The Morgan fingerprint density at radius 2 is 1.67 bits per heavy atom. The second kappa shape index (κ2) is 9.45. The number of hydrogen-bond donors (Lipinski definition) is 1. The number of amides is 1. The Labute approximate surface area is 177 Å². The lowest BCUT2D eigenvalue weighted by molar-refractivity contribution is 0.102. The van der Waals surface area contributed by atoms with E-state index in [-0.39, 0.29) is 12.1 Å². The number of carbonyl (C=O) groups is 1. The molecule has 30 heavy (non-hydrogen) atoms. The van der Waals surface area contributed by atoms with E-state index >= 15 is 0 Å². The SMILES string of the molecule is CCOc1cccc(NC(=O)c2ccccc2N(Cc2ccccc2)S(C)(=O)=O)c1. The third kappa shape index (κ3) is 5.39. The number of rotatable bonds is 8. The van der Waals surface area contributed by atoms with Gasteiger partial charge in [0.2, 0.25) is 10.0 Å². The van der Waals surface area contributed by atoms with Crippen LogP contribution < -0.4 is 14.4 Å². The summed E-state index contributed by atoms with van der Waals surface area (Å²) in [5.41, 5.74) is 1.97. The highest BCUT2D eigenvalue weighted by Crippen LogP contribution is 2.26. The lowest BCUT2D eigenvalue weighted by Crippen LogP contribution is -2.31.